The number of likely N-dealkylation sites (N-methyl/N-ethyl adjacent to an activating group) is 1. The average molecular weight is 411 g/mol. The molecular weight excluding hydrogens is 368 g/mol. The van der Waals surface area contributed by atoms with Gasteiger partial charge in [-0.3, -0.25) is 14.8 Å². The number of carbonyl (C=O) groups excluding carboxylic acids is 1. The number of likely N-dealkylation sites (tertiary alicyclic amines) is 1. The van der Waals surface area contributed by atoms with Gasteiger partial charge in [-0.15, -0.1) is 0 Å². The summed E-state index contributed by atoms with van der Waals surface area (Å²) in [6.07, 6.45) is 2.33. The van der Waals surface area contributed by atoms with Crippen molar-refractivity contribution in [1.29, 1.82) is 0 Å². The van der Waals surface area contributed by atoms with E-state index in [4.69, 9.17) is 9.73 Å². The minimum absolute atomic E-state index is 0.204. The topological polar surface area (TPSA) is 72.4 Å². The van der Waals surface area contributed by atoms with Gasteiger partial charge < -0.3 is 20.3 Å². The number of amides is 1. The highest BCUT2D eigenvalue weighted by molar-refractivity contribution is 5.79. The first-order valence-electron chi connectivity index (χ1n) is 11.3. The molecule has 2 saturated heterocycles. The molecule has 2 rings (SSSR count). The van der Waals surface area contributed by atoms with Gasteiger partial charge in [-0.05, 0) is 53.6 Å². The first kappa shape index (κ1) is 23.7. The van der Waals surface area contributed by atoms with Crippen LogP contribution in [0.25, 0.3) is 0 Å². The molecule has 2 fully saturated rings. The first-order chi connectivity index (χ1) is 13.8. The smallest absolute Gasteiger partial charge is 0.410 e. The number of nitrogens with one attached hydrogen (secondary N) is 2. The molecule has 0 saturated carbocycles. The van der Waals surface area contributed by atoms with Crippen molar-refractivity contribution in [3.05, 3.63) is 0 Å². The van der Waals surface area contributed by atoms with E-state index in [9.17, 15) is 4.79 Å². The van der Waals surface area contributed by atoms with Crippen LogP contribution >= 0.6 is 0 Å². The van der Waals surface area contributed by atoms with Gasteiger partial charge in [-0.2, -0.15) is 0 Å². The zero-order chi connectivity index (χ0) is 21.3. The van der Waals surface area contributed by atoms with Gasteiger partial charge in [0.2, 0.25) is 0 Å². The molecule has 0 radical (unpaired) electrons. The molecule has 2 N–H and O–H groups in total. The molecule has 2 aliphatic heterocycles. The van der Waals surface area contributed by atoms with Crippen LogP contribution in [0.5, 0.6) is 0 Å². The molecular formula is C21H42N6O2. The lowest BCUT2D eigenvalue weighted by Crippen LogP contribution is -2.51. The molecule has 0 aromatic heterocycles. The van der Waals surface area contributed by atoms with Crippen LogP contribution < -0.4 is 10.6 Å². The quantitative estimate of drug-likeness (QED) is 0.490. The van der Waals surface area contributed by atoms with E-state index in [1.165, 1.54) is 19.4 Å². The normalized spacial score (nSPS) is 22.0. The predicted molar refractivity (Wildman–Crippen MR) is 118 cm³/mol. The van der Waals surface area contributed by atoms with Gasteiger partial charge in [0.25, 0.3) is 0 Å². The van der Waals surface area contributed by atoms with Crippen molar-refractivity contribution in [2.24, 2.45) is 4.99 Å². The summed E-state index contributed by atoms with van der Waals surface area (Å²) in [5.41, 5.74) is -0.438. The molecule has 168 valence electrons. The van der Waals surface area contributed by atoms with Crippen LogP contribution in [-0.2, 0) is 4.74 Å². The van der Waals surface area contributed by atoms with Crippen LogP contribution in [0.1, 0.15) is 47.5 Å². The predicted octanol–water partition coefficient (Wildman–Crippen LogP) is 1.58. The van der Waals surface area contributed by atoms with Crippen molar-refractivity contribution in [1.82, 2.24) is 25.3 Å². The van der Waals surface area contributed by atoms with E-state index in [0.29, 0.717) is 6.04 Å². The molecule has 1 unspecified atom stereocenters. The molecule has 8 nitrogen and oxygen atoms in total. The Hall–Kier alpha value is -1.54. The van der Waals surface area contributed by atoms with E-state index in [2.05, 4.69) is 34.3 Å². The minimum Gasteiger partial charge on any atom is -0.444 e. The van der Waals surface area contributed by atoms with Gasteiger partial charge in [0.15, 0.2) is 5.96 Å². The molecule has 0 aliphatic carbocycles. The highest BCUT2D eigenvalue weighted by Crippen LogP contribution is 2.16. The molecule has 8 heteroatoms. The van der Waals surface area contributed by atoms with Crippen LogP contribution in [0, 0.1) is 0 Å². The number of nitrogens with zero attached hydrogens (tertiary/aromatic N) is 4. The van der Waals surface area contributed by atoms with E-state index in [-0.39, 0.29) is 6.09 Å². The average Bonchev–Trinajstić information content (AvgIpc) is 3.13. The van der Waals surface area contributed by atoms with Crippen molar-refractivity contribution >= 4 is 12.1 Å². The number of hydrogen-bond acceptors (Lipinski definition) is 5. The molecule has 1 amide bonds. The van der Waals surface area contributed by atoms with Crippen LogP contribution in [0.4, 0.5) is 4.79 Å². The Balaban J connectivity index is 1.69. The van der Waals surface area contributed by atoms with E-state index in [1.54, 1.807) is 0 Å². The van der Waals surface area contributed by atoms with E-state index in [0.717, 1.165) is 64.9 Å². The summed E-state index contributed by atoms with van der Waals surface area (Å²) in [5, 5.41) is 6.82. The van der Waals surface area contributed by atoms with Crippen molar-refractivity contribution < 1.29 is 9.53 Å². The molecule has 0 spiro atoms. The third kappa shape index (κ3) is 8.38. The minimum atomic E-state index is -0.438. The van der Waals surface area contributed by atoms with Crippen molar-refractivity contribution in [2.75, 3.05) is 65.4 Å². The summed E-state index contributed by atoms with van der Waals surface area (Å²) >= 11 is 0. The lowest BCUT2D eigenvalue weighted by molar-refractivity contribution is 0.0147. The number of aliphatic imine (C=N–C) groups is 1. The lowest BCUT2D eigenvalue weighted by atomic mass is 10.2. The molecule has 1 atom stereocenters. The highest BCUT2D eigenvalue weighted by Gasteiger charge is 2.26. The summed E-state index contributed by atoms with van der Waals surface area (Å²) in [6, 6.07) is 0.580. The highest BCUT2D eigenvalue weighted by atomic mass is 16.6. The Morgan fingerprint density at radius 1 is 1.10 bits per heavy atom. The second kappa shape index (κ2) is 11.6. The first-order valence-corrected chi connectivity index (χ1v) is 11.3. The molecule has 0 aromatic carbocycles. The van der Waals surface area contributed by atoms with Crippen LogP contribution in [0.3, 0.4) is 0 Å². The number of guanidine groups is 1. The third-order valence-corrected chi connectivity index (χ3v) is 5.45. The largest absolute Gasteiger partial charge is 0.444 e. The Labute approximate surface area is 177 Å². The maximum Gasteiger partial charge on any atom is 0.410 e. The summed E-state index contributed by atoms with van der Waals surface area (Å²) in [5.74, 6) is 0.905. The fourth-order valence-corrected chi connectivity index (χ4v) is 3.87. The summed E-state index contributed by atoms with van der Waals surface area (Å²) in [4.78, 5) is 23.7. The van der Waals surface area contributed by atoms with Crippen molar-refractivity contribution in [3.63, 3.8) is 0 Å². The molecule has 2 aliphatic rings. The monoisotopic (exact) mass is 410 g/mol. The molecule has 0 bridgehead atoms. The maximum absolute atomic E-state index is 12.2. The van der Waals surface area contributed by atoms with Gasteiger partial charge in [0, 0.05) is 51.9 Å². The zero-order valence-corrected chi connectivity index (χ0v) is 19.2. The zero-order valence-electron chi connectivity index (χ0n) is 19.2. The molecule has 2 heterocycles. The van der Waals surface area contributed by atoms with Gasteiger partial charge in [-0.1, -0.05) is 6.92 Å². The fraction of sp³-hybridized carbons (Fsp3) is 0.905. The summed E-state index contributed by atoms with van der Waals surface area (Å²) in [7, 11) is 0. The summed E-state index contributed by atoms with van der Waals surface area (Å²) < 4.78 is 5.47. The van der Waals surface area contributed by atoms with Gasteiger partial charge >= 0.3 is 6.09 Å². The van der Waals surface area contributed by atoms with Gasteiger partial charge in [0.05, 0.1) is 6.54 Å². The Morgan fingerprint density at radius 3 is 2.45 bits per heavy atom. The van der Waals surface area contributed by atoms with Crippen LogP contribution in [-0.4, -0.2) is 104 Å². The van der Waals surface area contributed by atoms with Gasteiger partial charge in [0.1, 0.15) is 5.60 Å². The number of ether oxygens (including phenoxy) is 1. The van der Waals surface area contributed by atoms with Crippen molar-refractivity contribution in [3.8, 4) is 0 Å². The van der Waals surface area contributed by atoms with Gasteiger partial charge in [-0.25, -0.2) is 4.79 Å². The molecule has 29 heavy (non-hydrogen) atoms. The van der Waals surface area contributed by atoms with Crippen LogP contribution in [0.15, 0.2) is 4.99 Å². The van der Waals surface area contributed by atoms with Crippen LogP contribution in [0.2, 0.25) is 0 Å². The van der Waals surface area contributed by atoms with E-state index in [1.807, 2.05) is 25.7 Å². The lowest BCUT2D eigenvalue weighted by Gasteiger charge is -2.35. The summed E-state index contributed by atoms with van der Waals surface area (Å²) in [6.45, 7) is 19.1. The Bertz CT molecular complexity index is 526. The second-order valence-electron chi connectivity index (χ2n) is 8.88. The number of hydrogen-bond donors (Lipinski definition) is 2. The maximum atomic E-state index is 12.2. The van der Waals surface area contributed by atoms with Crippen molar-refractivity contribution in [2.45, 2.75) is 59.1 Å². The number of piperazine rings is 1. The number of carbonyl (C=O) groups is 1. The third-order valence-electron chi connectivity index (χ3n) is 5.45. The van der Waals surface area contributed by atoms with E-state index < -0.39 is 5.60 Å². The Kier molecular flexibility index (Phi) is 9.49. The number of rotatable bonds is 7. The molecule has 0 aromatic rings. The SMILES string of the molecule is CCNC(=NCC1CCCN1CC)NCCN1CCN(C(=O)OC(C)(C)C)CC1. The fourth-order valence-electron chi connectivity index (χ4n) is 3.87. The second-order valence-corrected chi connectivity index (χ2v) is 8.88. The van der Waals surface area contributed by atoms with E-state index >= 15 is 0 Å². The Morgan fingerprint density at radius 2 is 1.83 bits per heavy atom. The standard InChI is InChI=1S/C21H42N6O2/c1-6-22-19(24-17-18-9-8-11-26(18)7-2)23-10-12-25-13-15-27(16-14-25)20(28)29-21(3,4)5/h18H,6-17H2,1-5H3,(H2,22,23,24).